The van der Waals surface area contributed by atoms with Gasteiger partial charge in [-0.1, -0.05) is 153 Å². The second kappa shape index (κ2) is 13.1. The van der Waals surface area contributed by atoms with Gasteiger partial charge < -0.3 is 0 Å². The van der Waals surface area contributed by atoms with Crippen LogP contribution in [0, 0.1) is 0 Å². The van der Waals surface area contributed by atoms with Crippen LogP contribution in [0.15, 0.2) is 177 Å². The van der Waals surface area contributed by atoms with Crippen molar-refractivity contribution in [2.45, 2.75) is 0 Å². The summed E-state index contributed by atoms with van der Waals surface area (Å²) in [5.41, 5.74) is 11.3. The number of nitrogens with zero attached hydrogens (tertiary/aromatic N) is 3. The zero-order valence-corrected chi connectivity index (χ0v) is 27.6. The Hall–Kier alpha value is -6.23. The summed E-state index contributed by atoms with van der Waals surface area (Å²) < 4.78 is 1.18. The van der Waals surface area contributed by atoms with Gasteiger partial charge in [-0.05, 0) is 57.3 Å². The molecule has 232 valence electrons. The van der Waals surface area contributed by atoms with Crippen LogP contribution in [0.4, 0.5) is 0 Å². The molecule has 0 fully saturated rings. The summed E-state index contributed by atoms with van der Waals surface area (Å²) in [5.74, 6) is 0.656. The van der Waals surface area contributed by atoms with Gasteiger partial charge in [0.15, 0.2) is 5.82 Å². The van der Waals surface area contributed by atoms with Gasteiger partial charge in [0.2, 0.25) is 0 Å². The first kappa shape index (κ1) is 30.1. The third-order valence-electron chi connectivity index (χ3n) is 8.68. The topological polar surface area (TPSA) is 38.7 Å². The SMILES string of the molecule is C=C/C=C(\C=C)c1cc(-c2ccc(-c3ccccc3)cc2)nc(-c2ccc3cc(-c4cccc5sc(-c6ccccc6)nc45)ccc3c2)n1. The van der Waals surface area contributed by atoms with Crippen molar-refractivity contribution in [3.63, 3.8) is 0 Å². The number of hydrogen-bond donors (Lipinski definition) is 0. The van der Waals surface area contributed by atoms with E-state index in [-0.39, 0.29) is 0 Å². The lowest BCUT2D eigenvalue weighted by molar-refractivity contribution is 1.16. The Morgan fingerprint density at radius 2 is 1.16 bits per heavy atom. The molecule has 6 aromatic carbocycles. The third kappa shape index (κ3) is 6.02. The molecule has 2 aromatic heterocycles. The molecule has 0 aliphatic heterocycles. The highest BCUT2D eigenvalue weighted by Crippen LogP contribution is 2.37. The van der Waals surface area contributed by atoms with Crippen LogP contribution >= 0.6 is 11.3 Å². The highest BCUT2D eigenvalue weighted by Gasteiger charge is 2.14. The van der Waals surface area contributed by atoms with Crippen molar-refractivity contribution in [3.05, 3.63) is 183 Å². The second-order valence-corrected chi connectivity index (χ2v) is 12.8. The van der Waals surface area contributed by atoms with Gasteiger partial charge in [0.25, 0.3) is 0 Å². The molecule has 0 bridgehead atoms. The van der Waals surface area contributed by atoms with Gasteiger partial charge in [0, 0.05) is 22.3 Å². The lowest BCUT2D eigenvalue weighted by Gasteiger charge is -2.11. The van der Waals surface area contributed by atoms with E-state index in [0.717, 1.165) is 71.6 Å². The van der Waals surface area contributed by atoms with Crippen molar-refractivity contribution >= 4 is 37.9 Å². The van der Waals surface area contributed by atoms with E-state index in [2.05, 4.69) is 141 Å². The molecule has 49 heavy (non-hydrogen) atoms. The number of allylic oxidation sites excluding steroid dienone is 4. The number of benzene rings is 6. The fourth-order valence-corrected chi connectivity index (χ4v) is 7.16. The van der Waals surface area contributed by atoms with Crippen LogP contribution in [0.25, 0.3) is 82.0 Å². The van der Waals surface area contributed by atoms with Crippen molar-refractivity contribution in [1.82, 2.24) is 15.0 Å². The minimum absolute atomic E-state index is 0.656. The summed E-state index contributed by atoms with van der Waals surface area (Å²) in [6, 6.07) is 50.8. The normalized spacial score (nSPS) is 11.6. The summed E-state index contributed by atoms with van der Waals surface area (Å²) in [6.07, 6.45) is 5.49. The van der Waals surface area contributed by atoms with E-state index in [1.165, 1.54) is 10.3 Å². The predicted octanol–water partition coefficient (Wildman–Crippen LogP) is 12.3. The van der Waals surface area contributed by atoms with Crippen LogP contribution in [0.5, 0.6) is 0 Å². The lowest BCUT2D eigenvalue weighted by Crippen LogP contribution is -1.98. The Bertz CT molecular complexity index is 2510. The third-order valence-corrected chi connectivity index (χ3v) is 9.75. The molecule has 0 spiro atoms. The Labute approximate surface area is 290 Å². The molecule has 2 heterocycles. The smallest absolute Gasteiger partial charge is 0.160 e. The fraction of sp³-hybridized carbons (Fsp3) is 0. The molecule has 0 aliphatic rings. The van der Waals surface area contributed by atoms with Crippen molar-refractivity contribution in [1.29, 1.82) is 0 Å². The van der Waals surface area contributed by atoms with E-state index >= 15 is 0 Å². The maximum absolute atomic E-state index is 5.08. The van der Waals surface area contributed by atoms with Crippen LogP contribution < -0.4 is 0 Å². The average molecular weight is 646 g/mol. The highest BCUT2D eigenvalue weighted by molar-refractivity contribution is 7.21. The molecule has 0 amide bonds. The summed E-state index contributed by atoms with van der Waals surface area (Å²) in [6.45, 7) is 7.93. The Morgan fingerprint density at radius 1 is 0.531 bits per heavy atom. The van der Waals surface area contributed by atoms with E-state index < -0.39 is 0 Å². The first-order valence-corrected chi connectivity index (χ1v) is 17.0. The fourth-order valence-electron chi connectivity index (χ4n) is 6.16. The minimum atomic E-state index is 0.656. The molecule has 0 atom stereocenters. The van der Waals surface area contributed by atoms with Gasteiger partial charge in [-0.3, -0.25) is 0 Å². The number of thiazole rings is 1. The molecular weight excluding hydrogens is 615 g/mol. The van der Waals surface area contributed by atoms with Crippen molar-refractivity contribution < 1.29 is 0 Å². The Balaban J connectivity index is 1.18. The van der Waals surface area contributed by atoms with Gasteiger partial charge in [-0.15, -0.1) is 11.3 Å². The first-order chi connectivity index (χ1) is 24.2. The van der Waals surface area contributed by atoms with E-state index in [0.29, 0.717) is 5.82 Å². The summed E-state index contributed by atoms with van der Waals surface area (Å²) in [7, 11) is 0. The van der Waals surface area contributed by atoms with Crippen LogP contribution in [-0.4, -0.2) is 15.0 Å². The van der Waals surface area contributed by atoms with E-state index in [1.54, 1.807) is 17.4 Å². The summed E-state index contributed by atoms with van der Waals surface area (Å²) in [4.78, 5) is 15.2. The summed E-state index contributed by atoms with van der Waals surface area (Å²) in [5, 5.41) is 3.29. The zero-order valence-electron chi connectivity index (χ0n) is 26.8. The van der Waals surface area contributed by atoms with E-state index in [4.69, 9.17) is 15.0 Å². The quantitative estimate of drug-likeness (QED) is 0.154. The van der Waals surface area contributed by atoms with Crippen LogP contribution in [-0.2, 0) is 0 Å². The molecule has 0 radical (unpaired) electrons. The van der Waals surface area contributed by atoms with Crippen molar-refractivity contribution in [3.8, 4) is 55.5 Å². The molecule has 0 N–H and O–H groups in total. The highest BCUT2D eigenvalue weighted by atomic mass is 32.1. The maximum atomic E-state index is 5.08. The standard InChI is InChI=1S/C45H31N3S/c1-3-12-30(4-2)40-29-41(33-21-19-32(20-22-33)31-13-7-5-8-14-31)47-44(46-40)38-26-24-35-27-37(25-23-36(35)28-38)39-17-11-18-42-43(39)48-45(49-42)34-15-9-6-10-16-34/h3-29H,1-2H2/b30-12+. The largest absolute Gasteiger partial charge is 0.235 e. The van der Waals surface area contributed by atoms with Crippen molar-refractivity contribution in [2.75, 3.05) is 0 Å². The van der Waals surface area contributed by atoms with Gasteiger partial charge in [-0.25, -0.2) is 15.0 Å². The van der Waals surface area contributed by atoms with Gasteiger partial charge in [-0.2, -0.15) is 0 Å². The van der Waals surface area contributed by atoms with E-state index in [9.17, 15) is 0 Å². The van der Waals surface area contributed by atoms with Crippen LogP contribution in [0.3, 0.4) is 0 Å². The Morgan fingerprint density at radius 3 is 1.88 bits per heavy atom. The monoisotopic (exact) mass is 645 g/mol. The lowest BCUT2D eigenvalue weighted by atomic mass is 9.99. The van der Waals surface area contributed by atoms with Gasteiger partial charge in [0.05, 0.1) is 21.6 Å². The van der Waals surface area contributed by atoms with Gasteiger partial charge in [0.1, 0.15) is 5.01 Å². The minimum Gasteiger partial charge on any atom is -0.235 e. The molecule has 0 aliphatic carbocycles. The number of hydrogen-bond acceptors (Lipinski definition) is 4. The average Bonchev–Trinajstić information content (AvgIpc) is 3.62. The van der Waals surface area contributed by atoms with E-state index in [1.807, 2.05) is 30.4 Å². The number of rotatable bonds is 8. The second-order valence-electron chi connectivity index (χ2n) is 11.8. The zero-order chi connectivity index (χ0) is 33.2. The molecule has 4 heteroatoms. The maximum Gasteiger partial charge on any atom is 0.160 e. The molecule has 8 aromatic rings. The van der Waals surface area contributed by atoms with Gasteiger partial charge >= 0.3 is 0 Å². The Kier molecular flexibility index (Phi) is 8.06. The number of fused-ring (bicyclic) bond motifs is 2. The molecule has 3 nitrogen and oxygen atoms in total. The predicted molar refractivity (Wildman–Crippen MR) is 208 cm³/mol. The number of aromatic nitrogens is 3. The first-order valence-electron chi connectivity index (χ1n) is 16.2. The van der Waals surface area contributed by atoms with Crippen LogP contribution in [0.1, 0.15) is 5.69 Å². The van der Waals surface area contributed by atoms with Crippen LogP contribution in [0.2, 0.25) is 0 Å². The molecule has 0 saturated carbocycles. The molecular formula is C45H31N3S. The molecule has 8 rings (SSSR count). The van der Waals surface area contributed by atoms with Crippen molar-refractivity contribution in [2.24, 2.45) is 0 Å². The molecule has 0 saturated heterocycles. The summed E-state index contributed by atoms with van der Waals surface area (Å²) >= 11 is 1.73. The number of para-hydroxylation sites is 1. The molecule has 0 unspecified atom stereocenters.